The van der Waals surface area contributed by atoms with Gasteiger partial charge in [-0.15, -0.1) is 0 Å². The van der Waals surface area contributed by atoms with Crippen molar-refractivity contribution in [3.63, 3.8) is 0 Å². The van der Waals surface area contributed by atoms with Crippen LogP contribution in [0.1, 0.15) is 55.7 Å². The molecule has 0 spiro atoms. The molecule has 2 aromatic carbocycles. The van der Waals surface area contributed by atoms with Crippen LogP contribution in [0.5, 0.6) is 0 Å². The number of sulfonamides is 1. The zero-order chi connectivity index (χ0) is 20.9. The lowest BCUT2D eigenvalue weighted by Crippen LogP contribution is -2.32. The molecular weight excluding hydrogens is 454 g/mol. The van der Waals surface area contributed by atoms with Gasteiger partial charge in [-0.05, 0) is 67.0 Å². The third-order valence-corrected chi connectivity index (χ3v) is 7.46. The Kier molecular flexibility index (Phi) is 7.49. The number of nitrogens with one attached hydrogen (secondary N) is 1. The number of carbonyl (C=O) groups is 1. The van der Waals surface area contributed by atoms with E-state index in [9.17, 15) is 13.2 Å². The number of aliphatic carboxylic acids is 1. The van der Waals surface area contributed by atoms with E-state index in [0.29, 0.717) is 12.8 Å². The summed E-state index contributed by atoms with van der Waals surface area (Å²) in [6.07, 6.45) is 5.70. The van der Waals surface area contributed by atoms with Crippen molar-refractivity contribution in [3.8, 4) is 0 Å². The van der Waals surface area contributed by atoms with Crippen LogP contribution in [0.15, 0.2) is 57.9 Å². The zero-order valence-electron chi connectivity index (χ0n) is 16.2. The lowest BCUT2D eigenvalue weighted by molar-refractivity contribution is -0.137. The summed E-state index contributed by atoms with van der Waals surface area (Å²) >= 11 is 3.34. The molecule has 0 heterocycles. The highest BCUT2D eigenvalue weighted by atomic mass is 79.9. The standard InChI is InChI=1S/C22H26BrNO4S/c23-19-12-14-20(15-13-19)29(27,28)24-22(17-5-1-2-6-17)18-10-8-16(9-11-18)4-3-7-21(25)26/h8-15,17,22,24H,1-7H2,(H,25,26). The van der Waals surface area contributed by atoms with E-state index in [-0.39, 0.29) is 23.3 Å². The molecule has 1 atom stereocenters. The molecule has 1 aliphatic carbocycles. The molecule has 1 saturated carbocycles. The minimum absolute atomic E-state index is 0.152. The number of halogens is 1. The largest absolute Gasteiger partial charge is 0.481 e. The van der Waals surface area contributed by atoms with Gasteiger partial charge in [0.25, 0.3) is 0 Å². The molecule has 0 bridgehead atoms. The van der Waals surface area contributed by atoms with Crippen molar-refractivity contribution in [2.45, 2.75) is 55.9 Å². The Balaban J connectivity index is 1.78. The van der Waals surface area contributed by atoms with Crippen LogP contribution in [0.2, 0.25) is 0 Å². The molecule has 3 rings (SSSR count). The Morgan fingerprint density at radius 2 is 1.69 bits per heavy atom. The Morgan fingerprint density at radius 1 is 1.07 bits per heavy atom. The number of hydrogen-bond donors (Lipinski definition) is 2. The van der Waals surface area contributed by atoms with Crippen molar-refractivity contribution in [2.75, 3.05) is 0 Å². The summed E-state index contributed by atoms with van der Waals surface area (Å²) in [5.74, 6) is -0.511. The number of aryl methyl sites for hydroxylation is 1. The van der Waals surface area contributed by atoms with Crippen LogP contribution in [0.25, 0.3) is 0 Å². The van der Waals surface area contributed by atoms with Crippen molar-refractivity contribution in [3.05, 3.63) is 64.1 Å². The van der Waals surface area contributed by atoms with Gasteiger partial charge in [0.2, 0.25) is 10.0 Å². The molecule has 0 amide bonds. The zero-order valence-corrected chi connectivity index (χ0v) is 18.6. The normalized spacial score (nSPS) is 16.0. The molecule has 2 N–H and O–H groups in total. The maximum atomic E-state index is 13.0. The van der Waals surface area contributed by atoms with Crippen molar-refractivity contribution < 1.29 is 18.3 Å². The Labute approximate surface area is 180 Å². The summed E-state index contributed by atoms with van der Waals surface area (Å²) in [5, 5.41) is 8.78. The molecule has 1 aliphatic rings. The van der Waals surface area contributed by atoms with Gasteiger partial charge >= 0.3 is 5.97 Å². The van der Waals surface area contributed by atoms with Crippen LogP contribution < -0.4 is 4.72 Å². The van der Waals surface area contributed by atoms with Gasteiger partial charge in [0.1, 0.15) is 0 Å². The predicted octanol–water partition coefficient (Wildman–Crippen LogP) is 5.07. The topological polar surface area (TPSA) is 83.5 Å². The fraction of sp³-hybridized carbons (Fsp3) is 0.409. The molecule has 0 saturated heterocycles. The highest BCUT2D eigenvalue weighted by Crippen LogP contribution is 2.37. The maximum absolute atomic E-state index is 13.0. The van der Waals surface area contributed by atoms with Gasteiger partial charge in [0.15, 0.2) is 0 Å². The fourth-order valence-electron chi connectivity index (χ4n) is 3.91. The third kappa shape index (κ3) is 6.14. The van der Waals surface area contributed by atoms with E-state index < -0.39 is 16.0 Å². The van der Waals surface area contributed by atoms with E-state index >= 15 is 0 Å². The maximum Gasteiger partial charge on any atom is 0.303 e. The van der Waals surface area contributed by atoms with Crippen molar-refractivity contribution >= 4 is 31.9 Å². The molecule has 0 aliphatic heterocycles. The molecule has 0 radical (unpaired) electrons. The van der Waals surface area contributed by atoms with E-state index in [1.165, 1.54) is 0 Å². The molecule has 1 unspecified atom stereocenters. The van der Waals surface area contributed by atoms with Crippen LogP contribution in [0.3, 0.4) is 0 Å². The van der Waals surface area contributed by atoms with E-state index in [0.717, 1.165) is 41.3 Å². The minimum atomic E-state index is -3.63. The third-order valence-electron chi connectivity index (χ3n) is 5.47. The number of hydrogen-bond acceptors (Lipinski definition) is 3. The van der Waals surface area contributed by atoms with Gasteiger partial charge in [-0.3, -0.25) is 4.79 Å². The molecule has 1 fully saturated rings. The SMILES string of the molecule is O=C(O)CCCc1ccc(C(NS(=O)(=O)c2ccc(Br)cc2)C2CCCC2)cc1. The van der Waals surface area contributed by atoms with Crippen LogP contribution in [0.4, 0.5) is 0 Å². The second kappa shape index (κ2) is 9.87. The average molecular weight is 480 g/mol. The van der Waals surface area contributed by atoms with E-state index in [1.807, 2.05) is 24.3 Å². The second-order valence-corrected chi connectivity index (χ2v) is 10.2. The summed E-state index contributed by atoms with van der Waals surface area (Å²) in [5.41, 5.74) is 2.02. The Morgan fingerprint density at radius 3 is 2.28 bits per heavy atom. The van der Waals surface area contributed by atoms with Gasteiger partial charge in [0, 0.05) is 16.9 Å². The lowest BCUT2D eigenvalue weighted by Gasteiger charge is -2.25. The van der Waals surface area contributed by atoms with E-state index in [1.54, 1.807) is 24.3 Å². The van der Waals surface area contributed by atoms with Crippen LogP contribution in [-0.4, -0.2) is 19.5 Å². The van der Waals surface area contributed by atoms with Gasteiger partial charge in [-0.2, -0.15) is 0 Å². The first-order chi connectivity index (χ1) is 13.8. The molecule has 5 nitrogen and oxygen atoms in total. The average Bonchev–Trinajstić information content (AvgIpc) is 3.21. The first kappa shape index (κ1) is 22.0. The number of benzene rings is 2. The number of rotatable bonds is 9. The number of carboxylic acids is 1. The quantitative estimate of drug-likeness (QED) is 0.525. The van der Waals surface area contributed by atoms with Gasteiger partial charge in [-0.25, -0.2) is 13.1 Å². The van der Waals surface area contributed by atoms with Crippen LogP contribution in [0, 0.1) is 5.92 Å². The van der Waals surface area contributed by atoms with Crippen molar-refractivity contribution in [1.82, 2.24) is 4.72 Å². The molecular formula is C22H26BrNO4S. The minimum Gasteiger partial charge on any atom is -0.481 e. The molecule has 0 aromatic heterocycles. The van der Waals surface area contributed by atoms with Gasteiger partial charge in [0.05, 0.1) is 4.90 Å². The van der Waals surface area contributed by atoms with Crippen molar-refractivity contribution in [2.24, 2.45) is 5.92 Å². The van der Waals surface area contributed by atoms with Crippen LogP contribution in [-0.2, 0) is 21.2 Å². The first-order valence-electron chi connectivity index (χ1n) is 9.94. The summed E-state index contributed by atoms with van der Waals surface area (Å²) in [7, 11) is -3.63. The monoisotopic (exact) mass is 479 g/mol. The lowest BCUT2D eigenvalue weighted by atomic mass is 9.91. The van der Waals surface area contributed by atoms with E-state index in [2.05, 4.69) is 20.7 Å². The summed E-state index contributed by atoms with van der Waals surface area (Å²) < 4.78 is 29.7. The molecule has 7 heteroatoms. The van der Waals surface area contributed by atoms with Crippen molar-refractivity contribution in [1.29, 1.82) is 0 Å². The highest BCUT2D eigenvalue weighted by molar-refractivity contribution is 9.10. The molecule has 29 heavy (non-hydrogen) atoms. The van der Waals surface area contributed by atoms with Gasteiger partial charge in [-0.1, -0.05) is 53.0 Å². The van der Waals surface area contributed by atoms with Gasteiger partial charge < -0.3 is 5.11 Å². The second-order valence-electron chi connectivity index (χ2n) is 7.59. The summed E-state index contributed by atoms with van der Waals surface area (Å²) in [4.78, 5) is 10.9. The van der Waals surface area contributed by atoms with E-state index in [4.69, 9.17) is 5.11 Å². The molecule has 156 valence electrons. The summed E-state index contributed by atoms with van der Waals surface area (Å²) in [6.45, 7) is 0. The Bertz CT molecular complexity index is 920. The smallest absolute Gasteiger partial charge is 0.303 e. The fourth-order valence-corrected chi connectivity index (χ4v) is 5.47. The predicted molar refractivity (Wildman–Crippen MR) is 116 cm³/mol. The number of carboxylic acid groups (broad SMARTS) is 1. The highest BCUT2D eigenvalue weighted by Gasteiger charge is 2.30. The first-order valence-corrected chi connectivity index (χ1v) is 12.2. The summed E-state index contributed by atoms with van der Waals surface area (Å²) in [6, 6.07) is 14.3. The van der Waals surface area contributed by atoms with Crippen LogP contribution >= 0.6 is 15.9 Å². The Hall–Kier alpha value is -1.70. The molecule has 2 aromatic rings.